The van der Waals surface area contributed by atoms with Gasteiger partial charge in [-0.1, -0.05) is 0 Å². The van der Waals surface area contributed by atoms with Crippen LogP contribution < -0.4 is 0 Å². The van der Waals surface area contributed by atoms with Crippen LogP contribution in [0.15, 0.2) is 0 Å². The van der Waals surface area contributed by atoms with Crippen LogP contribution in [0.1, 0.15) is 12.8 Å². The third kappa shape index (κ3) is 4.53. The highest BCUT2D eigenvalue weighted by Gasteiger charge is 2.21. The van der Waals surface area contributed by atoms with E-state index < -0.39 is 22.6 Å². The fourth-order valence-electron chi connectivity index (χ4n) is 1.14. The second-order valence-electron chi connectivity index (χ2n) is 2.86. The van der Waals surface area contributed by atoms with Crippen LogP contribution in [0.3, 0.4) is 0 Å². The zero-order chi connectivity index (χ0) is 9.90. The molecule has 1 unspecified atom stereocenters. The molecular formula is C6H11O6S-. The zero-order valence-electron chi connectivity index (χ0n) is 6.88. The van der Waals surface area contributed by atoms with Gasteiger partial charge in [-0.2, -0.15) is 0 Å². The second kappa shape index (κ2) is 4.34. The molecule has 0 aromatic carbocycles. The number of aliphatic hydroxyl groups is 1. The largest absolute Gasteiger partial charge is 0.726 e. The van der Waals surface area contributed by atoms with Crippen LogP contribution in [0.25, 0.3) is 0 Å². The van der Waals surface area contributed by atoms with Crippen molar-refractivity contribution in [3.63, 3.8) is 0 Å². The van der Waals surface area contributed by atoms with Gasteiger partial charge in [-0.25, -0.2) is 8.42 Å². The zero-order valence-corrected chi connectivity index (χ0v) is 7.70. The summed E-state index contributed by atoms with van der Waals surface area (Å²) in [7, 11) is -4.65. The van der Waals surface area contributed by atoms with Crippen molar-refractivity contribution in [3.8, 4) is 0 Å². The molecule has 0 saturated carbocycles. The van der Waals surface area contributed by atoms with Gasteiger partial charge >= 0.3 is 0 Å². The molecule has 1 saturated heterocycles. The van der Waals surface area contributed by atoms with Gasteiger partial charge in [0.05, 0.1) is 18.8 Å². The molecule has 7 heteroatoms. The summed E-state index contributed by atoms with van der Waals surface area (Å²) < 4.78 is 39.2. The van der Waals surface area contributed by atoms with E-state index in [1.165, 1.54) is 0 Å². The van der Waals surface area contributed by atoms with E-state index in [9.17, 15) is 13.0 Å². The highest BCUT2D eigenvalue weighted by atomic mass is 32.3. The maximum atomic E-state index is 10.1. The van der Waals surface area contributed by atoms with Gasteiger partial charge in [0, 0.05) is 13.0 Å². The maximum absolute atomic E-state index is 10.1. The smallest absolute Gasteiger partial charge is 0.217 e. The Kier molecular flexibility index (Phi) is 3.63. The first-order valence-electron chi connectivity index (χ1n) is 3.87. The first kappa shape index (κ1) is 10.9. The van der Waals surface area contributed by atoms with E-state index in [0.717, 1.165) is 0 Å². The van der Waals surface area contributed by atoms with Crippen LogP contribution in [0.4, 0.5) is 0 Å². The van der Waals surface area contributed by atoms with E-state index in [2.05, 4.69) is 4.18 Å². The Balaban J connectivity index is 2.29. The van der Waals surface area contributed by atoms with E-state index in [1.807, 2.05) is 0 Å². The Hall–Kier alpha value is -0.210. The number of hydrogen-bond donors (Lipinski definition) is 1. The van der Waals surface area contributed by atoms with Crippen LogP contribution in [0, 0.1) is 0 Å². The highest BCUT2D eigenvalue weighted by Crippen LogP contribution is 2.14. The third-order valence-electron chi connectivity index (χ3n) is 1.74. The molecule has 1 N–H and O–H groups in total. The minimum absolute atomic E-state index is 0.301. The average Bonchev–Trinajstić information content (AvgIpc) is 2.00. The lowest BCUT2D eigenvalue weighted by molar-refractivity contribution is -0.0605. The van der Waals surface area contributed by atoms with E-state index in [1.54, 1.807) is 0 Å². The Morgan fingerprint density at radius 3 is 2.85 bits per heavy atom. The molecule has 0 amide bonds. The lowest BCUT2D eigenvalue weighted by Gasteiger charge is -2.26. The Morgan fingerprint density at radius 2 is 2.31 bits per heavy atom. The molecule has 1 fully saturated rings. The van der Waals surface area contributed by atoms with Gasteiger partial charge in [0.15, 0.2) is 0 Å². The van der Waals surface area contributed by atoms with Crippen LogP contribution >= 0.6 is 0 Å². The average molecular weight is 211 g/mol. The molecule has 13 heavy (non-hydrogen) atoms. The molecule has 0 bridgehead atoms. The van der Waals surface area contributed by atoms with Gasteiger partial charge in [-0.05, 0) is 6.42 Å². The molecule has 1 rings (SSSR count). The highest BCUT2D eigenvalue weighted by molar-refractivity contribution is 7.80. The quantitative estimate of drug-likeness (QED) is 0.475. The summed E-state index contributed by atoms with van der Waals surface area (Å²) in [6, 6.07) is 0. The molecule has 1 aliphatic rings. The number of aliphatic hydroxyl groups excluding tert-OH is 1. The first-order chi connectivity index (χ1) is 5.97. The summed E-state index contributed by atoms with van der Waals surface area (Å²) in [5, 5.41) is 9.15. The van der Waals surface area contributed by atoms with Gasteiger partial charge in [0.25, 0.3) is 0 Å². The van der Waals surface area contributed by atoms with Crippen molar-refractivity contribution in [1.29, 1.82) is 0 Å². The van der Waals surface area contributed by atoms with E-state index in [4.69, 9.17) is 9.84 Å². The summed E-state index contributed by atoms with van der Waals surface area (Å²) in [5.41, 5.74) is 0. The van der Waals surface area contributed by atoms with Crippen LogP contribution in [-0.4, -0.2) is 43.5 Å². The molecule has 2 atom stereocenters. The fraction of sp³-hybridized carbons (Fsp3) is 1.00. The predicted octanol–water partition coefficient (Wildman–Crippen LogP) is -0.997. The number of ether oxygens (including phenoxy) is 1. The standard InChI is InChI=1S/C6H12O6S/c7-5-1-2-11-6(3-5)4-12-13(8,9)10/h5-7H,1-4H2,(H,8,9,10)/p-1/t5?,6-/m1/s1. The number of hydrogen-bond acceptors (Lipinski definition) is 6. The normalized spacial score (nSPS) is 30.3. The van der Waals surface area contributed by atoms with Crippen molar-refractivity contribution in [3.05, 3.63) is 0 Å². The minimum Gasteiger partial charge on any atom is -0.726 e. The van der Waals surface area contributed by atoms with Crippen LogP contribution in [0.5, 0.6) is 0 Å². The van der Waals surface area contributed by atoms with Crippen molar-refractivity contribution in [2.45, 2.75) is 25.0 Å². The van der Waals surface area contributed by atoms with Crippen molar-refractivity contribution in [2.75, 3.05) is 13.2 Å². The molecule has 1 aliphatic heterocycles. The topological polar surface area (TPSA) is 95.9 Å². The monoisotopic (exact) mass is 211 g/mol. The molecule has 6 nitrogen and oxygen atoms in total. The molecule has 1 heterocycles. The third-order valence-corrected chi connectivity index (χ3v) is 2.16. The molecule has 0 spiro atoms. The van der Waals surface area contributed by atoms with Gasteiger partial charge in [-0.3, -0.25) is 4.18 Å². The van der Waals surface area contributed by atoms with Crippen molar-refractivity contribution >= 4 is 10.4 Å². The molecule has 0 radical (unpaired) electrons. The lowest BCUT2D eigenvalue weighted by atomic mass is 10.1. The SMILES string of the molecule is O=S(=O)([O-])OC[C@H]1CC(O)CCO1. The Bertz CT molecular complexity index is 248. The van der Waals surface area contributed by atoms with Crippen LogP contribution in [-0.2, 0) is 19.3 Å². The predicted molar refractivity (Wildman–Crippen MR) is 40.6 cm³/mol. The van der Waals surface area contributed by atoms with E-state index in [-0.39, 0.29) is 6.61 Å². The molecule has 0 aromatic rings. The van der Waals surface area contributed by atoms with E-state index in [0.29, 0.717) is 19.4 Å². The van der Waals surface area contributed by atoms with Crippen molar-refractivity contribution in [1.82, 2.24) is 0 Å². The van der Waals surface area contributed by atoms with Gasteiger partial charge in [0.2, 0.25) is 10.4 Å². The van der Waals surface area contributed by atoms with Gasteiger partial charge in [-0.15, -0.1) is 0 Å². The summed E-state index contributed by atoms with van der Waals surface area (Å²) in [4.78, 5) is 0. The summed E-state index contributed by atoms with van der Waals surface area (Å²) in [5.74, 6) is 0. The van der Waals surface area contributed by atoms with Gasteiger partial charge < -0.3 is 14.4 Å². The molecular weight excluding hydrogens is 200 g/mol. The summed E-state index contributed by atoms with van der Waals surface area (Å²) in [6.45, 7) is 0.0387. The summed E-state index contributed by atoms with van der Waals surface area (Å²) in [6.07, 6.45) is -0.181. The van der Waals surface area contributed by atoms with Crippen molar-refractivity contribution in [2.24, 2.45) is 0 Å². The first-order valence-corrected chi connectivity index (χ1v) is 5.20. The van der Waals surface area contributed by atoms with Gasteiger partial charge in [0.1, 0.15) is 0 Å². The number of rotatable bonds is 3. The lowest BCUT2D eigenvalue weighted by Crippen LogP contribution is -2.32. The summed E-state index contributed by atoms with van der Waals surface area (Å²) >= 11 is 0. The van der Waals surface area contributed by atoms with Crippen molar-refractivity contribution < 1.29 is 27.0 Å². The molecule has 0 aliphatic carbocycles. The molecule has 78 valence electrons. The Labute approximate surface area is 76.4 Å². The van der Waals surface area contributed by atoms with E-state index >= 15 is 0 Å². The Morgan fingerprint density at radius 1 is 1.62 bits per heavy atom. The minimum atomic E-state index is -4.65. The maximum Gasteiger partial charge on any atom is 0.217 e. The fourth-order valence-corrected chi connectivity index (χ4v) is 1.45. The second-order valence-corrected chi connectivity index (χ2v) is 3.92. The van der Waals surface area contributed by atoms with Crippen LogP contribution in [0.2, 0.25) is 0 Å². The molecule has 0 aromatic heterocycles.